The summed E-state index contributed by atoms with van der Waals surface area (Å²) in [5, 5.41) is 2.56. The van der Waals surface area contributed by atoms with Crippen LogP contribution in [0.5, 0.6) is 0 Å². The molecule has 1 aliphatic carbocycles. The minimum atomic E-state index is -0.582. The van der Waals surface area contributed by atoms with Crippen LogP contribution in [0.25, 0.3) is 0 Å². The minimum absolute atomic E-state index is 0. The number of methoxy groups -OCH3 is 1. The number of nitrogens with zero attached hydrogens (tertiary/aromatic N) is 1. The molecule has 2 rings (SSSR count). The Balaban J connectivity index is 0.00000220. The number of benzene rings is 1. The SMILES string of the molecule is COC(C)(CN=C(N)Nc1cc(F)ccc1F)C1CC1.I. The van der Waals surface area contributed by atoms with Gasteiger partial charge in [0.2, 0.25) is 0 Å². The maximum atomic E-state index is 13.4. The second kappa shape index (κ2) is 7.35. The standard InChI is InChI=1S/C14H19F2N3O.HI/c1-14(20-2,9-3-4-9)8-18-13(17)19-12-7-10(15)5-6-11(12)16;/h5-7,9H,3-4,8H2,1-2H3,(H3,17,18,19);1H. The van der Waals surface area contributed by atoms with Crippen LogP contribution in [0.15, 0.2) is 23.2 Å². The van der Waals surface area contributed by atoms with E-state index in [0.717, 1.165) is 31.0 Å². The predicted molar refractivity (Wildman–Crippen MR) is 90.0 cm³/mol. The maximum absolute atomic E-state index is 13.4. The Bertz CT molecular complexity index is 523. The monoisotopic (exact) mass is 411 g/mol. The zero-order valence-corrected chi connectivity index (χ0v) is 14.4. The highest BCUT2D eigenvalue weighted by Crippen LogP contribution is 2.41. The average Bonchev–Trinajstić information content (AvgIpc) is 3.25. The van der Waals surface area contributed by atoms with Gasteiger partial charge in [0.15, 0.2) is 5.96 Å². The van der Waals surface area contributed by atoms with Crippen LogP contribution in [0.4, 0.5) is 14.5 Å². The van der Waals surface area contributed by atoms with E-state index in [9.17, 15) is 8.78 Å². The first-order valence-corrected chi connectivity index (χ1v) is 6.52. The molecule has 0 spiro atoms. The van der Waals surface area contributed by atoms with Crippen LogP contribution in [0.1, 0.15) is 19.8 Å². The lowest BCUT2D eigenvalue weighted by Gasteiger charge is -2.26. The third-order valence-electron chi connectivity index (χ3n) is 3.66. The van der Waals surface area contributed by atoms with E-state index in [-0.39, 0.29) is 41.2 Å². The van der Waals surface area contributed by atoms with E-state index in [1.807, 2.05) is 6.92 Å². The molecule has 1 aromatic carbocycles. The molecule has 0 bridgehead atoms. The fourth-order valence-corrected chi connectivity index (χ4v) is 2.07. The van der Waals surface area contributed by atoms with Crippen molar-refractivity contribution >= 4 is 35.6 Å². The number of nitrogens with one attached hydrogen (secondary N) is 1. The van der Waals surface area contributed by atoms with E-state index < -0.39 is 11.6 Å². The number of aliphatic imine (C=N–C) groups is 1. The van der Waals surface area contributed by atoms with E-state index in [0.29, 0.717) is 12.5 Å². The number of ether oxygens (including phenoxy) is 1. The van der Waals surface area contributed by atoms with E-state index in [1.165, 1.54) is 0 Å². The Kier molecular flexibility index (Phi) is 6.33. The molecular weight excluding hydrogens is 391 g/mol. The highest BCUT2D eigenvalue weighted by molar-refractivity contribution is 14.0. The molecule has 0 aliphatic heterocycles. The molecule has 118 valence electrons. The lowest BCUT2D eigenvalue weighted by atomic mass is 10.0. The van der Waals surface area contributed by atoms with Gasteiger partial charge in [0, 0.05) is 13.2 Å². The quantitative estimate of drug-likeness (QED) is 0.445. The van der Waals surface area contributed by atoms with Crippen LogP contribution >= 0.6 is 24.0 Å². The predicted octanol–water partition coefficient (Wildman–Crippen LogP) is 3.12. The fourth-order valence-electron chi connectivity index (χ4n) is 2.07. The molecular formula is C14H20F2IN3O. The summed E-state index contributed by atoms with van der Waals surface area (Å²) in [5.74, 6) is -0.601. The number of hydrogen-bond acceptors (Lipinski definition) is 2. The molecule has 21 heavy (non-hydrogen) atoms. The Morgan fingerprint density at radius 3 is 2.71 bits per heavy atom. The highest BCUT2D eigenvalue weighted by atomic mass is 127. The molecule has 0 aromatic heterocycles. The van der Waals surface area contributed by atoms with Crippen LogP contribution < -0.4 is 11.1 Å². The molecule has 1 aromatic rings. The second-order valence-electron chi connectivity index (χ2n) is 5.24. The van der Waals surface area contributed by atoms with Gasteiger partial charge >= 0.3 is 0 Å². The smallest absolute Gasteiger partial charge is 0.193 e. The van der Waals surface area contributed by atoms with Crippen LogP contribution in [0, 0.1) is 17.6 Å². The molecule has 0 radical (unpaired) electrons. The first kappa shape index (κ1) is 18.1. The van der Waals surface area contributed by atoms with E-state index >= 15 is 0 Å². The van der Waals surface area contributed by atoms with Crippen LogP contribution in [-0.2, 0) is 4.74 Å². The summed E-state index contributed by atoms with van der Waals surface area (Å²) in [4.78, 5) is 4.16. The van der Waals surface area contributed by atoms with Crippen LogP contribution in [0.3, 0.4) is 0 Å². The van der Waals surface area contributed by atoms with Gasteiger partial charge in [-0.3, -0.25) is 4.99 Å². The normalized spacial score (nSPS) is 17.8. The minimum Gasteiger partial charge on any atom is -0.376 e. The Labute approximate surface area is 140 Å². The molecule has 1 atom stereocenters. The van der Waals surface area contributed by atoms with Gasteiger partial charge in [0.25, 0.3) is 0 Å². The van der Waals surface area contributed by atoms with Gasteiger partial charge in [0.05, 0.1) is 17.8 Å². The molecule has 1 unspecified atom stereocenters. The largest absolute Gasteiger partial charge is 0.376 e. The van der Waals surface area contributed by atoms with Gasteiger partial charge in [-0.25, -0.2) is 8.78 Å². The molecule has 0 saturated heterocycles. The summed E-state index contributed by atoms with van der Waals surface area (Å²) < 4.78 is 32.0. The molecule has 1 aliphatic rings. The van der Waals surface area contributed by atoms with Crippen molar-refractivity contribution < 1.29 is 13.5 Å². The van der Waals surface area contributed by atoms with Crippen molar-refractivity contribution in [2.24, 2.45) is 16.6 Å². The molecule has 1 fully saturated rings. The van der Waals surface area contributed by atoms with Gasteiger partial charge in [0.1, 0.15) is 11.6 Å². The zero-order valence-electron chi connectivity index (χ0n) is 12.0. The third-order valence-corrected chi connectivity index (χ3v) is 3.66. The van der Waals surface area contributed by atoms with Gasteiger partial charge in [-0.05, 0) is 37.8 Å². The first-order chi connectivity index (χ1) is 9.44. The van der Waals surface area contributed by atoms with E-state index in [2.05, 4.69) is 10.3 Å². The van der Waals surface area contributed by atoms with Gasteiger partial charge < -0.3 is 15.8 Å². The molecule has 7 heteroatoms. The molecule has 0 amide bonds. The van der Waals surface area contributed by atoms with Crippen molar-refractivity contribution in [2.45, 2.75) is 25.4 Å². The van der Waals surface area contributed by atoms with Gasteiger partial charge in [-0.1, -0.05) is 0 Å². The van der Waals surface area contributed by atoms with Crippen molar-refractivity contribution in [3.05, 3.63) is 29.8 Å². The van der Waals surface area contributed by atoms with Gasteiger partial charge in [-0.15, -0.1) is 24.0 Å². The van der Waals surface area contributed by atoms with E-state index in [1.54, 1.807) is 7.11 Å². The molecule has 4 nitrogen and oxygen atoms in total. The van der Waals surface area contributed by atoms with Crippen molar-refractivity contribution in [3.8, 4) is 0 Å². The number of halogens is 3. The average molecular weight is 411 g/mol. The summed E-state index contributed by atoms with van der Waals surface area (Å²) in [6.07, 6.45) is 2.23. The van der Waals surface area contributed by atoms with Crippen molar-refractivity contribution in [1.29, 1.82) is 0 Å². The topological polar surface area (TPSA) is 59.6 Å². The summed E-state index contributed by atoms with van der Waals surface area (Å²) in [5.41, 5.74) is 5.32. The number of guanidine groups is 1. The summed E-state index contributed by atoms with van der Waals surface area (Å²) >= 11 is 0. The number of anilines is 1. The van der Waals surface area contributed by atoms with Crippen molar-refractivity contribution in [2.75, 3.05) is 19.0 Å². The first-order valence-electron chi connectivity index (χ1n) is 6.52. The summed E-state index contributed by atoms with van der Waals surface area (Å²) in [7, 11) is 1.64. The number of nitrogens with two attached hydrogens (primary N) is 1. The Morgan fingerprint density at radius 1 is 1.48 bits per heavy atom. The van der Waals surface area contributed by atoms with Gasteiger partial charge in [-0.2, -0.15) is 0 Å². The Hall–Kier alpha value is -0.960. The molecule has 1 saturated carbocycles. The lowest BCUT2D eigenvalue weighted by molar-refractivity contribution is -0.00467. The van der Waals surface area contributed by atoms with Crippen LogP contribution in [-0.4, -0.2) is 25.2 Å². The van der Waals surface area contributed by atoms with E-state index in [4.69, 9.17) is 10.5 Å². The summed E-state index contributed by atoms with van der Waals surface area (Å²) in [6, 6.07) is 3.12. The number of hydrogen-bond donors (Lipinski definition) is 2. The van der Waals surface area contributed by atoms with Crippen molar-refractivity contribution in [1.82, 2.24) is 0 Å². The fraction of sp³-hybridized carbons (Fsp3) is 0.500. The van der Waals surface area contributed by atoms with Crippen LogP contribution in [0.2, 0.25) is 0 Å². The maximum Gasteiger partial charge on any atom is 0.193 e. The third kappa shape index (κ3) is 4.77. The molecule has 3 N–H and O–H groups in total. The van der Waals surface area contributed by atoms with Crippen molar-refractivity contribution in [3.63, 3.8) is 0 Å². The lowest BCUT2D eigenvalue weighted by Crippen LogP contribution is -2.35. The second-order valence-corrected chi connectivity index (χ2v) is 5.24. The highest BCUT2D eigenvalue weighted by Gasteiger charge is 2.41. The Morgan fingerprint density at radius 2 is 2.14 bits per heavy atom. The number of rotatable bonds is 5. The zero-order chi connectivity index (χ0) is 14.8. The molecule has 0 heterocycles. The summed E-state index contributed by atoms with van der Waals surface area (Å²) in [6.45, 7) is 2.36.